The van der Waals surface area contributed by atoms with Crippen LogP contribution in [0.5, 0.6) is 0 Å². The Bertz CT molecular complexity index is 1300. The van der Waals surface area contributed by atoms with Crippen LogP contribution in [0.3, 0.4) is 0 Å². The number of nitrogens with zero attached hydrogens (tertiary/aromatic N) is 5. The SMILES string of the molecule is CCn1cncc1C(=O)N1Cc2nc3cc(-c4ccc(F)cc4)[nH]n3c(=O)c2C1. The van der Waals surface area contributed by atoms with Crippen LogP contribution in [0.1, 0.15) is 28.7 Å². The molecule has 0 bridgehead atoms. The van der Waals surface area contributed by atoms with Gasteiger partial charge in [-0.3, -0.25) is 14.7 Å². The van der Waals surface area contributed by atoms with Crippen LogP contribution in [-0.2, 0) is 19.6 Å². The standard InChI is InChI=1S/C20H17FN6O2/c1-2-25-11-22-8-17(25)20(29)26-9-14-16(10-26)23-18-7-15(24-27(18)19(14)28)12-3-5-13(21)6-4-12/h3-8,11,24H,2,9-10H2,1H3. The van der Waals surface area contributed by atoms with E-state index in [9.17, 15) is 14.0 Å². The average molecular weight is 392 g/mol. The lowest BCUT2D eigenvalue weighted by molar-refractivity contribution is 0.0739. The number of hydrogen-bond acceptors (Lipinski definition) is 4. The van der Waals surface area contributed by atoms with Gasteiger partial charge in [0.2, 0.25) is 0 Å². The summed E-state index contributed by atoms with van der Waals surface area (Å²) < 4.78 is 16.3. The van der Waals surface area contributed by atoms with Gasteiger partial charge in [0.25, 0.3) is 11.5 Å². The number of fused-ring (bicyclic) bond motifs is 2. The Morgan fingerprint density at radius 1 is 1.24 bits per heavy atom. The molecule has 5 rings (SSSR count). The fraction of sp³-hybridized carbons (Fsp3) is 0.200. The molecule has 0 saturated carbocycles. The Morgan fingerprint density at radius 2 is 2.03 bits per heavy atom. The predicted octanol–water partition coefficient (Wildman–Crippen LogP) is 2.20. The van der Waals surface area contributed by atoms with E-state index in [0.717, 1.165) is 5.56 Å². The Hall–Kier alpha value is -3.75. The van der Waals surface area contributed by atoms with Crippen LogP contribution in [0, 0.1) is 5.82 Å². The molecule has 146 valence electrons. The van der Waals surface area contributed by atoms with Gasteiger partial charge in [-0.15, -0.1) is 0 Å². The van der Waals surface area contributed by atoms with Crippen molar-refractivity contribution in [1.82, 2.24) is 29.0 Å². The Balaban J connectivity index is 1.50. The van der Waals surface area contributed by atoms with Crippen molar-refractivity contribution in [2.45, 2.75) is 26.6 Å². The van der Waals surface area contributed by atoms with Gasteiger partial charge in [-0.05, 0) is 36.8 Å². The summed E-state index contributed by atoms with van der Waals surface area (Å²) in [6.45, 7) is 3.04. The number of amides is 1. The number of nitrogens with one attached hydrogen (secondary N) is 1. The largest absolute Gasteiger partial charge is 0.327 e. The maximum atomic E-state index is 13.2. The third-order valence-corrected chi connectivity index (χ3v) is 5.20. The highest BCUT2D eigenvalue weighted by Gasteiger charge is 2.30. The molecule has 1 amide bonds. The fourth-order valence-corrected chi connectivity index (χ4v) is 3.66. The zero-order valence-electron chi connectivity index (χ0n) is 15.6. The molecule has 9 heteroatoms. The van der Waals surface area contributed by atoms with Gasteiger partial charge in [0, 0.05) is 12.6 Å². The second-order valence-electron chi connectivity index (χ2n) is 6.94. The van der Waals surface area contributed by atoms with Crippen LogP contribution < -0.4 is 5.56 Å². The Kier molecular flexibility index (Phi) is 3.83. The number of rotatable bonds is 3. The quantitative estimate of drug-likeness (QED) is 0.579. The van der Waals surface area contributed by atoms with Crippen molar-refractivity contribution in [1.29, 1.82) is 0 Å². The van der Waals surface area contributed by atoms with Gasteiger partial charge < -0.3 is 9.47 Å². The summed E-state index contributed by atoms with van der Waals surface area (Å²) in [5.41, 5.74) is 3.21. The van der Waals surface area contributed by atoms with Crippen molar-refractivity contribution in [2.75, 3.05) is 0 Å². The van der Waals surface area contributed by atoms with Crippen molar-refractivity contribution < 1.29 is 9.18 Å². The van der Waals surface area contributed by atoms with Crippen LogP contribution in [0.15, 0.2) is 47.7 Å². The number of benzene rings is 1. The number of H-pyrrole nitrogens is 1. The van der Waals surface area contributed by atoms with Gasteiger partial charge in [0.15, 0.2) is 5.65 Å². The van der Waals surface area contributed by atoms with Gasteiger partial charge in [-0.1, -0.05) is 0 Å². The second-order valence-corrected chi connectivity index (χ2v) is 6.94. The third-order valence-electron chi connectivity index (χ3n) is 5.20. The molecule has 8 nitrogen and oxygen atoms in total. The number of carbonyl (C=O) groups excluding carboxylic acids is 1. The molecule has 0 radical (unpaired) electrons. The number of aryl methyl sites for hydroxylation is 1. The minimum atomic E-state index is -0.326. The highest BCUT2D eigenvalue weighted by atomic mass is 19.1. The van der Waals surface area contributed by atoms with Gasteiger partial charge in [-0.25, -0.2) is 18.9 Å². The molecule has 0 fully saturated rings. The van der Waals surface area contributed by atoms with Gasteiger partial charge in [0.1, 0.15) is 11.5 Å². The van der Waals surface area contributed by atoms with E-state index in [1.807, 2.05) is 6.92 Å². The number of imidazole rings is 1. The van der Waals surface area contributed by atoms with E-state index < -0.39 is 0 Å². The second kappa shape index (κ2) is 6.40. The number of carbonyl (C=O) groups is 1. The molecule has 29 heavy (non-hydrogen) atoms. The lowest BCUT2D eigenvalue weighted by Crippen LogP contribution is -2.28. The van der Waals surface area contributed by atoms with Crippen molar-refractivity contribution >= 4 is 11.6 Å². The fourth-order valence-electron chi connectivity index (χ4n) is 3.66. The summed E-state index contributed by atoms with van der Waals surface area (Å²) >= 11 is 0. The Labute approximate surface area is 164 Å². The summed E-state index contributed by atoms with van der Waals surface area (Å²) in [5.74, 6) is -0.504. The van der Waals surface area contributed by atoms with Crippen LogP contribution in [0.25, 0.3) is 16.9 Å². The highest BCUT2D eigenvalue weighted by molar-refractivity contribution is 5.92. The summed E-state index contributed by atoms with van der Waals surface area (Å²) in [6.07, 6.45) is 3.15. The Morgan fingerprint density at radius 3 is 2.79 bits per heavy atom. The van der Waals surface area contributed by atoms with Crippen LogP contribution >= 0.6 is 0 Å². The first-order valence-electron chi connectivity index (χ1n) is 9.24. The minimum absolute atomic E-state index is 0.178. The van der Waals surface area contributed by atoms with E-state index in [1.54, 1.807) is 34.0 Å². The third kappa shape index (κ3) is 2.74. The van der Waals surface area contributed by atoms with Gasteiger partial charge >= 0.3 is 0 Å². The lowest BCUT2D eigenvalue weighted by atomic mass is 10.1. The van der Waals surface area contributed by atoms with Crippen molar-refractivity contribution in [3.05, 3.63) is 76.0 Å². The molecule has 1 N–H and O–H groups in total. The topological polar surface area (TPSA) is 88.3 Å². The van der Waals surface area contributed by atoms with E-state index >= 15 is 0 Å². The number of halogens is 1. The summed E-state index contributed by atoms with van der Waals surface area (Å²) in [5, 5.41) is 3.02. The van der Waals surface area contributed by atoms with E-state index in [2.05, 4.69) is 15.1 Å². The molecule has 0 spiro atoms. The zero-order valence-corrected chi connectivity index (χ0v) is 15.6. The number of aromatic amines is 1. The number of aromatic nitrogens is 5. The van der Waals surface area contributed by atoms with Crippen LogP contribution in [-0.4, -0.2) is 35.0 Å². The first kappa shape index (κ1) is 17.4. The first-order chi connectivity index (χ1) is 14.0. The van der Waals surface area contributed by atoms with Gasteiger partial charge in [0.05, 0.1) is 42.6 Å². The summed E-state index contributed by atoms with van der Waals surface area (Å²) in [7, 11) is 0. The maximum Gasteiger partial charge on any atom is 0.278 e. The normalized spacial score (nSPS) is 13.2. The van der Waals surface area contributed by atoms with Crippen molar-refractivity contribution in [3.8, 4) is 11.3 Å². The molecular weight excluding hydrogens is 375 g/mol. The predicted molar refractivity (Wildman–Crippen MR) is 103 cm³/mol. The van der Waals surface area contributed by atoms with Crippen molar-refractivity contribution in [2.24, 2.45) is 0 Å². The average Bonchev–Trinajstić information content (AvgIpc) is 3.45. The molecule has 1 aromatic carbocycles. The molecular formula is C20H17FN6O2. The smallest absolute Gasteiger partial charge is 0.278 e. The van der Waals surface area contributed by atoms with Crippen LogP contribution in [0.2, 0.25) is 0 Å². The van der Waals surface area contributed by atoms with E-state index in [0.29, 0.717) is 34.8 Å². The maximum absolute atomic E-state index is 13.2. The molecule has 1 aliphatic rings. The summed E-state index contributed by atoms with van der Waals surface area (Å²) in [6, 6.07) is 7.74. The van der Waals surface area contributed by atoms with Crippen molar-refractivity contribution in [3.63, 3.8) is 0 Å². The molecule has 0 unspecified atom stereocenters. The summed E-state index contributed by atoms with van der Waals surface area (Å²) in [4.78, 5) is 36.0. The van der Waals surface area contributed by atoms with Gasteiger partial charge in [-0.2, -0.15) is 0 Å². The lowest BCUT2D eigenvalue weighted by Gasteiger charge is -2.15. The highest BCUT2D eigenvalue weighted by Crippen LogP contribution is 2.23. The molecule has 4 aromatic rings. The first-order valence-corrected chi connectivity index (χ1v) is 9.24. The number of hydrogen-bond donors (Lipinski definition) is 1. The molecule has 4 heterocycles. The minimum Gasteiger partial charge on any atom is -0.327 e. The zero-order chi connectivity index (χ0) is 20.1. The molecule has 3 aromatic heterocycles. The molecule has 0 aliphatic carbocycles. The molecule has 0 saturated heterocycles. The van der Waals surface area contributed by atoms with E-state index in [4.69, 9.17) is 0 Å². The molecule has 1 aliphatic heterocycles. The molecule has 0 atom stereocenters. The van der Waals surface area contributed by atoms with E-state index in [1.165, 1.54) is 22.8 Å². The van der Waals surface area contributed by atoms with E-state index in [-0.39, 0.29) is 30.4 Å². The van der Waals surface area contributed by atoms with Crippen LogP contribution in [0.4, 0.5) is 4.39 Å². The monoisotopic (exact) mass is 392 g/mol.